The van der Waals surface area contributed by atoms with E-state index in [1.165, 1.54) is 0 Å². The number of hydrogen-bond acceptors (Lipinski definition) is 7. The number of rotatable bonds is 16. The molecule has 0 unspecified atom stereocenters. The molecular weight excluding hydrogens is 500 g/mol. The van der Waals surface area contributed by atoms with Crippen molar-refractivity contribution in [3.05, 3.63) is 67.1 Å². The molecule has 2 aromatic heterocycles. The van der Waals surface area contributed by atoms with Crippen LogP contribution in [0, 0.1) is 0 Å². The summed E-state index contributed by atoms with van der Waals surface area (Å²) in [5.74, 6) is -0.0907. The van der Waals surface area contributed by atoms with Crippen LogP contribution >= 0.6 is 0 Å². The molecule has 0 aliphatic heterocycles. The van der Waals surface area contributed by atoms with Gasteiger partial charge in [0.15, 0.2) is 0 Å². The van der Waals surface area contributed by atoms with Gasteiger partial charge in [0, 0.05) is 55.2 Å². The Hall–Kier alpha value is -3.78. The summed E-state index contributed by atoms with van der Waals surface area (Å²) >= 11 is 0. The Bertz CT molecular complexity index is 1340. The average Bonchev–Trinajstić information content (AvgIpc) is 3.44. The number of para-hydroxylation sites is 1. The van der Waals surface area contributed by atoms with Gasteiger partial charge in [-0.05, 0) is 50.1 Å². The van der Waals surface area contributed by atoms with Gasteiger partial charge in [-0.15, -0.1) is 0 Å². The highest BCUT2D eigenvalue weighted by atomic mass is 16.5. The van der Waals surface area contributed by atoms with Gasteiger partial charge in [-0.2, -0.15) is 5.10 Å². The molecule has 40 heavy (non-hydrogen) atoms. The number of carbonyl (C=O) groups excluding carboxylic acids is 1. The first kappa shape index (κ1) is 29.2. The fourth-order valence-corrected chi connectivity index (χ4v) is 4.71. The molecule has 0 bridgehead atoms. The van der Waals surface area contributed by atoms with Crippen molar-refractivity contribution in [1.82, 2.24) is 25.1 Å². The van der Waals surface area contributed by atoms with Crippen molar-refractivity contribution in [2.24, 2.45) is 0 Å². The van der Waals surface area contributed by atoms with Crippen molar-refractivity contribution in [3.8, 4) is 11.3 Å². The fourth-order valence-electron chi connectivity index (χ4n) is 4.71. The smallest absolute Gasteiger partial charge is 0.305 e. The van der Waals surface area contributed by atoms with Crippen LogP contribution in [-0.2, 0) is 16.1 Å². The normalized spacial score (nSPS) is 11.3. The number of anilines is 2. The summed E-state index contributed by atoms with van der Waals surface area (Å²) in [6.45, 7) is 9.22. The first-order valence-corrected chi connectivity index (χ1v) is 14.5. The van der Waals surface area contributed by atoms with Crippen molar-refractivity contribution in [2.45, 2.75) is 71.9 Å². The SMILES string of the molecule is CCOC(=O)CCCCCCCn1cc(-c2cnc3ccc(N(CCNC(C)C)c4ccccc4)cc3n2)cn1. The standard InChI is InChI=1S/C32H42N6O2/c1-4-40-32(39)15-11-6-5-7-12-19-37-24-26(22-35-37)31-23-34-29-17-16-28(21-30(29)36-31)38(20-18-33-25(2)3)27-13-9-8-10-14-27/h8-10,13-14,16-17,21-25,33H,4-7,11-12,15,18-20H2,1-3H3. The van der Waals surface area contributed by atoms with Gasteiger partial charge in [-0.1, -0.05) is 51.3 Å². The number of fused-ring (bicyclic) bond motifs is 1. The van der Waals surface area contributed by atoms with E-state index in [2.05, 4.69) is 70.5 Å². The van der Waals surface area contributed by atoms with Gasteiger partial charge in [0.05, 0.1) is 35.7 Å². The third-order valence-corrected chi connectivity index (χ3v) is 6.80. The summed E-state index contributed by atoms with van der Waals surface area (Å²) in [6, 6.07) is 17.2. The molecule has 2 aromatic carbocycles. The maximum absolute atomic E-state index is 11.4. The van der Waals surface area contributed by atoms with Crippen LogP contribution in [0.5, 0.6) is 0 Å². The largest absolute Gasteiger partial charge is 0.466 e. The lowest BCUT2D eigenvalue weighted by Gasteiger charge is -2.26. The van der Waals surface area contributed by atoms with Gasteiger partial charge in [-0.3, -0.25) is 14.5 Å². The Labute approximate surface area is 237 Å². The molecule has 8 nitrogen and oxygen atoms in total. The topological polar surface area (TPSA) is 85.2 Å². The van der Waals surface area contributed by atoms with Crippen LogP contribution in [0.2, 0.25) is 0 Å². The Morgan fingerprint density at radius 3 is 2.58 bits per heavy atom. The summed E-state index contributed by atoms with van der Waals surface area (Å²) in [5, 5.41) is 8.08. The average molecular weight is 543 g/mol. The molecule has 8 heteroatoms. The highest BCUT2D eigenvalue weighted by Crippen LogP contribution is 2.28. The molecule has 2 heterocycles. The lowest BCUT2D eigenvalue weighted by molar-refractivity contribution is -0.143. The second kappa shape index (κ2) is 15.1. The van der Waals surface area contributed by atoms with Crippen LogP contribution in [0.15, 0.2) is 67.1 Å². The first-order chi connectivity index (χ1) is 19.5. The number of carbonyl (C=O) groups is 1. The summed E-state index contributed by atoms with van der Waals surface area (Å²) in [6.07, 6.45) is 11.5. The van der Waals surface area contributed by atoms with Crippen LogP contribution in [-0.4, -0.2) is 51.5 Å². The molecule has 0 aliphatic rings. The van der Waals surface area contributed by atoms with E-state index in [-0.39, 0.29) is 5.97 Å². The quantitative estimate of drug-likeness (QED) is 0.127. The van der Waals surface area contributed by atoms with Gasteiger partial charge < -0.3 is 15.0 Å². The lowest BCUT2D eigenvalue weighted by Crippen LogP contribution is -2.32. The second-order valence-corrected chi connectivity index (χ2v) is 10.3. The monoisotopic (exact) mass is 542 g/mol. The number of unbranched alkanes of at least 4 members (excludes halogenated alkanes) is 4. The van der Waals surface area contributed by atoms with E-state index in [1.54, 1.807) is 0 Å². The van der Waals surface area contributed by atoms with E-state index in [0.717, 1.165) is 85.4 Å². The highest BCUT2D eigenvalue weighted by Gasteiger charge is 2.12. The lowest BCUT2D eigenvalue weighted by atomic mass is 10.1. The molecule has 0 amide bonds. The van der Waals surface area contributed by atoms with E-state index in [9.17, 15) is 4.79 Å². The molecule has 0 aliphatic carbocycles. The Morgan fingerprint density at radius 2 is 1.77 bits per heavy atom. The molecule has 0 radical (unpaired) electrons. The van der Waals surface area contributed by atoms with Crippen molar-refractivity contribution in [2.75, 3.05) is 24.6 Å². The van der Waals surface area contributed by atoms with Crippen molar-refractivity contribution >= 4 is 28.4 Å². The minimum atomic E-state index is -0.0907. The molecule has 0 saturated heterocycles. The molecule has 0 spiro atoms. The van der Waals surface area contributed by atoms with E-state index < -0.39 is 0 Å². The number of ether oxygens (including phenoxy) is 1. The van der Waals surface area contributed by atoms with Gasteiger partial charge >= 0.3 is 5.97 Å². The van der Waals surface area contributed by atoms with Crippen LogP contribution in [0.25, 0.3) is 22.3 Å². The third kappa shape index (κ3) is 8.61. The minimum Gasteiger partial charge on any atom is -0.466 e. The first-order valence-electron chi connectivity index (χ1n) is 14.5. The van der Waals surface area contributed by atoms with E-state index in [4.69, 9.17) is 9.72 Å². The molecular formula is C32H42N6O2. The second-order valence-electron chi connectivity index (χ2n) is 10.3. The number of hydrogen-bond donors (Lipinski definition) is 1. The molecule has 4 aromatic rings. The van der Waals surface area contributed by atoms with E-state index in [1.807, 2.05) is 42.3 Å². The molecule has 0 atom stereocenters. The minimum absolute atomic E-state index is 0.0907. The third-order valence-electron chi connectivity index (χ3n) is 6.80. The zero-order valence-electron chi connectivity index (χ0n) is 24.1. The Balaban J connectivity index is 1.38. The molecule has 212 valence electrons. The van der Waals surface area contributed by atoms with Crippen LogP contribution in [0.3, 0.4) is 0 Å². The van der Waals surface area contributed by atoms with Crippen molar-refractivity contribution < 1.29 is 9.53 Å². The summed E-state index contributed by atoms with van der Waals surface area (Å²) in [7, 11) is 0. The number of nitrogens with zero attached hydrogens (tertiary/aromatic N) is 5. The molecule has 1 N–H and O–H groups in total. The number of esters is 1. The summed E-state index contributed by atoms with van der Waals surface area (Å²) in [5.41, 5.74) is 5.77. The van der Waals surface area contributed by atoms with Crippen molar-refractivity contribution in [1.29, 1.82) is 0 Å². The number of aryl methyl sites for hydroxylation is 1. The number of aromatic nitrogens is 4. The maximum atomic E-state index is 11.4. The fraction of sp³-hybridized carbons (Fsp3) is 0.438. The predicted octanol–water partition coefficient (Wildman–Crippen LogP) is 6.53. The van der Waals surface area contributed by atoms with Gasteiger partial charge in [0.1, 0.15) is 0 Å². The van der Waals surface area contributed by atoms with Gasteiger partial charge in [0.25, 0.3) is 0 Å². The van der Waals surface area contributed by atoms with Crippen LogP contribution in [0.1, 0.15) is 59.3 Å². The van der Waals surface area contributed by atoms with Gasteiger partial charge in [0.2, 0.25) is 0 Å². The Morgan fingerprint density at radius 1 is 0.975 bits per heavy atom. The predicted molar refractivity (Wildman–Crippen MR) is 162 cm³/mol. The van der Waals surface area contributed by atoms with Crippen LogP contribution in [0.4, 0.5) is 11.4 Å². The zero-order valence-corrected chi connectivity index (χ0v) is 24.1. The number of benzene rings is 2. The highest BCUT2D eigenvalue weighted by molar-refractivity contribution is 5.82. The van der Waals surface area contributed by atoms with Gasteiger partial charge in [-0.25, -0.2) is 4.98 Å². The molecule has 0 saturated carbocycles. The zero-order chi connectivity index (χ0) is 28.2. The number of nitrogens with one attached hydrogen (secondary N) is 1. The van der Waals surface area contributed by atoms with E-state index in [0.29, 0.717) is 19.1 Å². The van der Waals surface area contributed by atoms with Crippen LogP contribution < -0.4 is 10.2 Å². The summed E-state index contributed by atoms with van der Waals surface area (Å²) < 4.78 is 6.96. The Kier molecular flexibility index (Phi) is 11.0. The molecule has 0 fully saturated rings. The van der Waals surface area contributed by atoms with Crippen molar-refractivity contribution in [3.63, 3.8) is 0 Å². The summed E-state index contributed by atoms with van der Waals surface area (Å²) in [4.78, 5) is 23.4. The molecule has 4 rings (SSSR count). The van der Waals surface area contributed by atoms with E-state index >= 15 is 0 Å². The maximum Gasteiger partial charge on any atom is 0.305 e.